The van der Waals surface area contributed by atoms with Crippen LogP contribution in [0.15, 0.2) is 47.4 Å². The number of carbonyl (C=O) groups is 1. The van der Waals surface area contributed by atoms with Gasteiger partial charge in [-0.15, -0.1) is 0 Å². The van der Waals surface area contributed by atoms with Crippen molar-refractivity contribution in [3.05, 3.63) is 53.6 Å². The maximum atomic E-state index is 12.6. The number of hydrogen-bond donors (Lipinski definition) is 2. The standard InChI is InChI=1S/C20H26N2O4S/c1-13(2)21-20(23)16(5)26-17-9-11-18(12-10-17)27(24,25)22-19-8-6-7-14(3)15(19)4/h6-13,16,22H,1-5H3,(H,21,23)/t16-/m1/s1. The van der Waals surface area contributed by atoms with E-state index in [1.54, 1.807) is 19.1 Å². The maximum Gasteiger partial charge on any atom is 0.261 e. The van der Waals surface area contributed by atoms with Crippen LogP contribution in [0.3, 0.4) is 0 Å². The molecule has 2 aromatic rings. The zero-order valence-corrected chi connectivity index (χ0v) is 17.1. The highest BCUT2D eigenvalue weighted by molar-refractivity contribution is 7.92. The second-order valence-corrected chi connectivity index (χ2v) is 8.43. The average molecular weight is 391 g/mol. The van der Waals surface area contributed by atoms with Crippen molar-refractivity contribution in [2.45, 2.75) is 51.7 Å². The Kier molecular flexibility index (Phi) is 6.49. The van der Waals surface area contributed by atoms with Crippen LogP contribution in [0.1, 0.15) is 31.9 Å². The predicted octanol–water partition coefficient (Wildman–Crippen LogP) is 3.40. The van der Waals surface area contributed by atoms with E-state index in [1.807, 2.05) is 33.8 Å². The summed E-state index contributed by atoms with van der Waals surface area (Å²) < 4.78 is 33.4. The van der Waals surface area contributed by atoms with Crippen LogP contribution in [0.2, 0.25) is 0 Å². The van der Waals surface area contributed by atoms with Crippen molar-refractivity contribution >= 4 is 21.6 Å². The predicted molar refractivity (Wildman–Crippen MR) is 107 cm³/mol. The van der Waals surface area contributed by atoms with E-state index in [1.165, 1.54) is 24.3 Å². The molecule has 0 saturated heterocycles. The molecule has 0 unspecified atom stereocenters. The Morgan fingerprint density at radius 2 is 1.63 bits per heavy atom. The van der Waals surface area contributed by atoms with E-state index in [0.29, 0.717) is 11.4 Å². The molecule has 2 rings (SSSR count). The summed E-state index contributed by atoms with van der Waals surface area (Å²) in [6.45, 7) is 9.18. The Bertz CT molecular complexity index is 906. The monoisotopic (exact) mass is 390 g/mol. The highest BCUT2D eigenvalue weighted by Crippen LogP contribution is 2.23. The first-order chi connectivity index (χ1) is 12.6. The molecule has 0 aliphatic carbocycles. The number of carbonyl (C=O) groups excluding carboxylic acids is 1. The molecule has 7 heteroatoms. The van der Waals surface area contributed by atoms with Gasteiger partial charge in [0.05, 0.1) is 10.6 Å². The van der Waals surface area contributed by atoms with Gasteiger partial charge in [0.1, 0.15) is 5.75 Å². The second kappa shape index (κ2) is 8.43. The summed E-state index contributed by atoms with van der Waals surface area (Å²) in [6, 6.07) is 11.5. The lowest BCUT2D eigenvalue weighted by Gasteiger charge is -2.17. The normalized spacial score (nSPS) is 12.5. The molecule has 0 bridgehead atoms. The summed E-state index contributed by atoms with van der Waals surface area (Å²) in [7, 11) is -3.71. The number of ether oxygens (including phenoxy) is 1. The Balaban J connectivity index is 2.11. The minimum absolute atomic E-state index is 0.0206. The van der Waals surface area contributed by atoms with E-state index in [9.17, 15) is 13.2 Å². The van der Waals surface area contributed by atoms with Crippen LogP contribution >= 0.6 is 0 Å². The first-order valence-corrected chi connectivity index (χ1v) is 10.2. The van der Waals surface area contributed by atoms with Crippen LogP contribution in [0, 0.1) is 13.8 Å². The number of aryl methyl sites for hydroxylation is 1. The van der Waals surface area contributed by atoms with Crippen molar-refractivity contribution in [1.29, 1.82) is 0 Å². The number of benzene rings is 2. The van der Waals surface area contributed by atoms with E-state index >= 15 is 0 Å². The Hall–Kier alpha value is -2.54. The van der Waals surface area contributed by atoms with Gasteiger partial charge in [-0.2, -0.15) is 0 Å². The van der Waals surface area contributed by atoms with Crippen LogP contribution in [-0.2, 0) is 14.8 Å². The lowest BCUT2D eigenvalue weighted by atomic mass is 10.1. The molecular formula is C20H26N2O4S. The largest absolute Gasteiger partial charge is 0.481 e. The third-order valence-electron chi connectivity index (χ3n) is 4.10. The quantitative estimate of drug-likeness (QED) is 0.759. The third kappa shape index (κ3) is 5.47. The molecule has 0 saturated carbocycles. The first-order valence-electron chi connectivity index (χ1n) is 8.76. The molecule has 1 atom stereocenters. The molecule has 0 spiro atoms. The van der Waals surface area contributed by atoms with Gasteiger partial charge in [-0.3, -0.25) is 9.52 Å². The van der Waals surface area contributed by atoms with Gasteiger partial charge in [0.25, 0.3) is 15.9 Å². The SMILES string of the molecule is Cc1cccc(NS(=O)(=O)c2ccc(O[C@H](C)C(=O)NC(C)C)cc2)c1C. The molecule has 1 amide bonds. The summed E-state index contributed by atoms with van der Waals surface area (Å²) in [5.41, 5.74) is 2.44. The fourth-order valence-corrected chi connectivity index (χ4v) is 3.55. The summed E-state index contributed by atoms with van der Waals surface area (Å²) in [5.74, 6) is 0.199. The molecule has 2 aromatic carbocycles. The molecule has 27 heavy (non-hydrogen) atoms. The lowest BCUT2D eigenvalue weighted by Crippen LogP contribution is -2.40. The maximum absolute atomic E-state index is 12.6. The number of rotatable bonds is 7. The first kappa shape index (κ1) is 20.8. The van der Waals surface area contributed by atoms with Crippen molar-refractivity contribution in [2.75, 3.05) is 4.72 Å². The highest BCUT2D eigenvalue weighted by atomic mass is 32.2. The molecule has 0 aliphatic rings. The van der Waals surface area contributed by atoms with Gasteiger partial charge in [-0.25, -0.2) is 8.42 Å². The molecule has 0 heterocycles. The van der Waals surface area contributed by atoms with E-state index in [2.05, 4.69) is 10.0 Å². The Morgan fingerprint density at radius 1 is 1.00 bits per heavy atom. The number of sulfonamides is 1. The van der Waals surface area contributed by atoms with Gasteiger partial charge in [0.2, 0.25) is 0 Å². The molecule has 6 nitrogen and oxygen atoms in total. The summed E-state index contributed by atoms with van der Waals surface area (Å²) >= 11 is 0. The van der Waals surface area contributed by atoms with Crippen molar-refractivity contribution in [3.63, 3.8) is 0 Å². The number of hydrogen-bond acceptors (Lipinski definition) is 4. The Labute approximate surface area is 161 Å². The van der Waals surface area contributed by atoms with Gasteiger partial charge in [-0.1, -0.05) is 12.1 Å². The zero-order chi connectivity index (χ0) is 20.2. The molecule has 0 radical (unpaired) electrons. The van der Waals surface area contributed by atoms with Gasteiger partial charge in [0, 0.05) is 6.04 Å². The fourth-order valence-electron chi connectivity index (χ4n) is 2.42. The van der Waals surface area contributed by atoms with Gasteiger partial charge >= 0.3 is 0 Å². The smallest absolute Gasteiger partial charge is 0.261 e. The topological polar surface area (TPSA) is 84.5 Å². The van der Waals surface area contributed by atoms with Crippen LogP contribution in [0.5, 0.6) is 5.75 Å². The zero-order valence-electron chi connectivity index (χ0n) is 16.2. The highest BCUT2D eigenvalue weighted by Gasteiger charge is 2.18. The van der Waals surface area contributed by atoms with Gasteiger partial charge in [0.15, 0.2) is 6.10 Å². The molecule has 0 fully saturated rings. The summed E-state index contributed by atoms with van der Waals surface area (Å²) in [4.78, 5) is 12.0. The fraction of sp³-hybridized carbons (Fsp3) is 0.350. The lowest BCUT2D eigenvalue weighted by molar-refractivity contribution is -0.127. The minimum Gasteiger partial charge on any atom is -0.481 e. The van der Waals surface area contributed by atoms with Crippen molar-refractivity contribution in [1.82, 2.24) is 5.32 Å². The second-order valence-electron chi connectivity index (χ2n) is 6.75. The van der Waals surface area contributed by atoms with Crippen LogP contribution in [-0.4, -0.2) is 26.5 Å². The number of nitrogens with one attached hydrogen (secondary N) is 2. The van der Waals surface area contributed by atoms with Crippen molar-refractivity contribution in [2.24, 2.45) is 0 Å². The summed E-state index contributed by atoms with van der Waals surface area (Å²) in [6.07, 6.45) is -0.678. The molecule has 146 valence electrons. The number of anilines is 1. The van der Waals surface area contributed by atoms with E-state index < -0.39 is 16.1 Å². The minimum atomic E-state index is -3.71. The third-order valence-corrected chi connectivity index (χ3v) is 5.48. The molecule has 2 N–H and O–H groups in total. The van der Waals surface area contributed by atoms with E-state index in [4.69, 9.17) is 4.74 Å². The Morgan fingerprint density at radius 3 is 2.22 bits per heavy atom. The van der Waals surface area contributed by atoms with E-state index in [-0.39, 0.29) is 16.8 Å². The summed E-state index contributed by atoms with van der Waals surface area (Å²) in [5, 5.41) is 2.77. The molecular weight excluding hydrogens is 364 g/mol. The molecule has 0 aliphatic heterocycles. The van der Waals surface area contributed by atoms with Gasteiger partial charge in [-0.05, 0) is 76.1 Å². The molecule has 0 aromatic heterocycles. The average Bonchev–Trinajstić information content (AvgIpc) is 2.58. The van der Waals surface area contributed by atoms with Crippen LogP contribution < -0.4 is 14.8 Å². The number of amides is 1. The van der Waals surface area contributed by atoms with Crippen LogP contribution in [0.4, 0.5) is 5.69 Å². The van der Waals surface area contributed by atoms with Crippen molar-refractivity contribution in [3.8, 4) is 5.75 Å². The van der Waals surface area contributed by atoms with Crippen molar-refractivity contribution < 1.29 is 17.9 Å². The van der Waals surface area contributed by atoms with Gasteiger partial charge < -0.3 is 10.1 Å². The van der Waals surface area contributed by atoms with Crippen LogP contribution in [0.25, 0.3) is 0 Å². The van der Waals surface area contributed by atoms with E-state index in [0.717, 1.165) is 11.1 Å².